The summed E-state index contributed by atoms with van der Waals surface area (Å²) < 4.78 is 11.5. The number of aliphatic hydroxyl groups excluding tert-OH is 1. The molecule has 4 rings (SSSR count). The number of hydrogen-bond acceptors (Lipinski definition) is 6. The van der Waals surface area contributed by atoms with Crippen LogP contribution in [0.3, 0.4) is 0 Å². The zero-order chi connectivity index (χ0) is 17.1. The minimum atomic E-state index is -0.475. The van der Waals surface area contributed by atoms with Gasteiger partial charge in [-0.15, -0.1) is 0 Å². The summed E-state index contributed by atoms with van der Waals surface area (Å²) in [6, 6.07) is 0.256. The van der Waals surface area contributed by atoms with Gasteiger partial charge < -0.3 is 14.6 Å². The van der Waals surface area contributed by atoms with Crippen molar-refractivity contribution in [2.45, 2.75) is 82.3 Å². The largest absolute Gasteiger partial charge is 0.460 e. The van der Waals surface area contributed by atoms with Crippen molar-refractivity contribution in [1.29, 1.82) is 0 Å². The van der Waals surface area contributed by atoms with Crippen LogP contribution in [0.4, 0.5) is 0 Å². The molecule has 0 aromatic carbocycles. The molecule has 1 spiro atoms. The van der Waals surface area contributed by atoms with Crippen LogP contribution in [0.25, 0.3) is 0 Å². The Morgan fingerprint density at radius 3 is 2.54 bits per heavy atom. The van der Waals surface area contributed by atoms with E-state index < -0.39 is 11.7 Å². The highest BCUT2D eigenvalue weighted by atomic mass is 16.6. The van der Waals surface area contributed by atoms with E-state index in [1.165, 1.54) is 0 Å². The zero-order valence-corrected chi connectivity index (χ0v) is 14.4. The first-order valence-corrected chi connectivity index (χ1v) is 9.27. The first-order valence-electron chi connectivity index (χ1n) is 9.27. The predicted octanol–water partition coefficient (Wildman–Crippen LogP) is 1.25. The molecule has 4 aliphatic rings. The van der Waals surface area contributed by atoms with Crippen LogP contribution in [-0.4, -0.2) is 58.4 Å². The van der Waals surface area contributed by atoms with E-state index in [4.69, 9.17) is 9.47 Å². The third kappa shape index (κ3) is 2.46. The maximum Gasteiger partial charge on any atom is 0.309 e. The number of carbonyl (C=O) groups excluding carboxylic acids is 2. The molecule has 0 aliphatic carbocycles. The van der Waals surface area contributed by atoms with Gasteiger partial charge in [0.15, 0.2) is 0 Å². The number of ether oxygens (including phenoxy) is 2. The van der Waals surface area contributed by atoms with Gasteiger partial charge in [0.1, 0.15) is 11.7 Å². The van der Waals surface area contributed by atoms with Crippen LogP contribution in [0.15, 0.2) is 0 Å². The Kier molecular flexibility index (Phi) is 3.88. The van der Waals surface area contributed by atoms with Crippen molar-refractivity contribution in [1.82, 2.24) is 4.90 Å². The Labute approximate surface area is 142 Å². The normalized spacial score (nSPS) is 49.1. The van der Waals surface area contributed by atoms with Gasteiger partial charge in [-0.2, -0.15) is 0 Å². The van der Waals surface area contributed by atoms with Crippen LogP contribution < -0.4 is 0 Å². The molecule has 4 saturated heterocycles. The van der Waals surface area contributed by atoms with Crippen molar-refractivity contribution >= 4 is 11.9 Å². The lowest BCUT2D eigenvalue weighted by Gasteiger charge is -2.39. The summed E-state index contributed by atoms with van der Waals surface area (Å²) in [5.41, 5.74) is -0.475. The minimum Gasteiger partial charge on any atom is -0.460 e. The van der Waals surface area contributed by atoms with E-state index in [9.17, 15) is 14.7 Å². The first kappa shape index (κ1) is 16.3. The van der Waals surface area contributed by atoms with Crippen LogP contribution in [0.5, 0.6) is 0 Å². The number of nitrogens with zero attached hydrogens (tertiary/aromatic N) is 1. The summed E-state index contributed by atoms with van der Waals surface area (Å²) in [4.78, 5) is 26.2. The second-order valence-electron chi connectivity index (χ2n) is 8.25. The lowest BCUT2D eigenvalue weighted by atomic mass is 9.83. The summed E-state index contributed by atoms with van der Waals surface area (Å²) in [7, 11) is 0. The van der Waals surface area contributed by atoms with Crippen LogP contribution in [0.1, 0.15) is 52.4 Å². The molecule has 0 radical (unpaired) electrons. The topological polar surface area (TPSA) is 76.1 Å². The van der Waals surface area contributed by atoms with Gasteiger partial charge in [0.05, 0.1) is 24.0 Å². The molecule has 7 unspecified atom stereocenters. The quantitative estimate of drug-likeness (QED) is 0.726. The second kappa shape index (κ2) is 5.70. The van der Waals surface area contributed by atoms with Gasteiger partial charge in [-0.05, 0) is 32.1 Å². The minimum absolute atomic E-state index is 0.0516. The monoisotopic (exact) mass is 337 g/mol. The fourth-order valence-electron chi connectivity index (χ4n) is 5.33. The molecule has 7 atom stereocenters. The van der Waals surface area contributed by atoms with Crippen LogP contribution in [-0.2, 0) is 19.1 Å². The third-order valence-corrected chi connectivity index (χ3v) is 6.53. The highest BCUT2D eigenvalue weighted by Gasteiger charge is 2.58. The molecule has 0 amide bonds. The highest BCUT2D eigenvalue weighted by Crippen LogP contribution is 2.48. The van der Waals surface area contributed by atoms with Gasteiger partial charge >= 0.3 is 11.9 Å². The van der Waals surface area contributed by atoms with Crippen molar-refractivity contribution in [3.05, 3.63) is 0 Å². The van der Waals surface area contributed by atoms with Gasteiger partial charge in [-0.3, -0.25) is 14.5 Å². The molecule has 6 heteroatoms. The molecule has 0 saturated carbocycles. The summed E-state index contributed by atoms with van der Waals surface area (Å²) in [6.45, 7) is 4.41. The summed E-state index contributed by atoms with van der Waals surface area (Å²) in [5.74, 6) is -0.361. The van der Waals surface area contributed by atoms with E-state index in [0.29, 0.717) is 13.0 Å². The second-order valence-corrected chi connectivity index (χ2v) is 8.25. The maximum atomic E-state index is 12.1. The Balaban J connectivity index is 1.60. The molecule has 4 heterocycles. The van der Waals surface area contributed by atoms with Crippen molar-refractivity contribution in [3.63, 3.8) is 0 Å². The molecule has 4 aliphatic heterocycles. The molecule has 0 aromatic heterocycles. The number of aliphatic hydroxyl groups is 1. The molecular weight excluding hydrogens is 310 g/mol. The van der Waals surface area contributed by atoms with E-state index >= 15 is 0 Å². The number of hydrogen-bond donors (Lipinski definition) is 1. The van der Waals surface area contributed by atoms with Crippen molar-refractivity contribution < 1.29 is 24.2 Å². The highest BCUT2D eigenvalue weighted by molar-refractivity contribution is 5.75. The van der Waals surface area contributed by atoms with Gasteiger partial charge in [-0.1, -0.05) is 13.8 Å². The van der Waals surface area contributed by atoms with Crippen LogP contribution in [0, 0.1) is 11.8 Å². The smallest absolute Gasteiger partial charge is 0.309 e. The van der Waals surface area contributed by atoms with E-state index in [-0.39, 0.29) is 42.0 Å². The summed E-state index contributed by atoms with van der Waals surface area (Å²) in [6.07, 6.45) is 4.18. The standard InChI is InChI=1S/C18H27NO5/c1-10-7-14(23-16(10)21)13-3-4-15-18(8-11(2)17(22)24-18)6-5-12(20)9-19(13)15/h10-15,20H,3-9H2,1-2H3. The molecule has 6 nitrogen and oxygen atoms in total. The van der Waals surface area contributed by atoms with Gasteiger partial charge in [-0.25, -0.2) is 0 Å². The van der Waals surface area contributed by atoms with Crippen molar-refractivity contribution in [2.75, 3.05) is 6.54 Å². The van der Waals surface area contributed by atoms with E-state index in [1.807, 2.05) is 13.8 Å². The molecule has 1 N–H and O–H groups in total. The predicted molar refractivity (Wildman–Crippen MR) is 85.0 cm³/mol. The SMILES string of the molecule is CC1CC(C2CCC3N2CC(O)CCC32CC(C)C(=O)O2)OC1=O. The third-order valence-electron chi connectivity index (χ3n) is 6.53. The van der Waals surface area contributed by atoms with Crippen LogP contribution in [0.2, 0.25) is 0 Å². The summed E-state index contributed by atoms with van der Waals surface area (Å²) >= 11 is 0. The number of carbonyl (C=O) groups is 2. The number of esters is 2. The molecule has 4 fully saturated rings. The number of rotatable bonds is 1. The van der Waals surface area contributed by atoms with Gasteiger partial charge in [0.25, 0.3) is 0 Å². The number of fused-ring (bicyclic) bond motifs is 2. The molecule has 24 heavy (non-hydrogen) atoms. The van der Waals surface area contributed by atoms with Crippen LogP contribution >= 0.6 is 0 Å². The number of cyclic esters (lactones) is 1. The van der Waals surface area contributed by atoms with Crippen molar-refractivity contribution in [2.24, 2.45) is 11.8 Å². The maximum absolute atomic E-state index is 12.1. The van der Waals surface area contributed by atoms with E-state index in [1.54, 1.807) is 0 Å². The lowest BCUT2D eigenvalue weighted by molar-refractivity contribution is -0.156. The molecule has 0 bridgehead atoms. The van der Waals surface area contributed by atoms with E-state index in [0.717, 1.165) is 32.1 Å². The van der Waals surface area contributed by atoms with Gasteiger partial charge in [0.2, 0.25) is 0 Å². The van der Waals surface area contributed by atoms with Gasteiger partial charge in [0, 0.05) is 19.0 Å². The Bertz CT molecular complexity index is 552. The van der Waals surface area contributed by atoms with E-state index in [2.05, 4.69) is 4.90 Å². The Hall–Kier alpha value is -1.14. The fourth-order valence-corrected chi connectivity index (χ4v) is 5.33. The molecule has 134 valence electrons. The Morgan fingerprint density at radius 2 is 1.92 bits per heavy atom. The average Bonchev–Trinajstić information content (AvgIpc) is 3.14. The van der Waals surface area contributed by atoms with Crippen molar-refractivity contribution in [3.8, 4) is 0 Å². The fraction of sp³-hybridized carbons (Fsp3) is 0.889. The Morgan fingerprint density at radius 1 is 1.12 bits per heavy atom. The average molecular weight is 337 g/mol. The molecular formula is C18H27NO5. The summed E-state index contributed by atoms with van der Waals surface area (Å²) in [5, 5.41) is 10.4. The zero-order valence-electron chi connectivity index (χ0n) is 14.4. The first-order chi connectivity index (χ1) is 11.4. The molecule has 0 aromatic rings. The lowest BCUT2D eigenvalue weighted by Crippen LogP contribution is -2.53.